The standard InChI is InChI=1S/C25H24O9/c1-3-32-24(30)22(28)13-20(26)17-7-5-16(6-8-17)15-34-19-11-9-18(10-12-19)21(27)14-23(29)25(31)33-4-2/h5-12H,3-4,13-15H2,1-2H3. The summed E-state index contributed by atoms with van der Waals surface area (Å²) in [6, 6.07) is 12.4. The first-order chi connectivity index (χ1) is 16.2. The lowest BCUT2D eigenvalue weighted by atomic mass is 10.0. The third-order valence-electron chi connectivity index (χ3n) is 4.51. The highest BCUT2D eigenvalue weighted by Gasteiger charge is 2.21. The molecule has 9 heteroatoms. The van der Waals surface area contributed by atoms with Crippen LogP contribution in [0.15, 0.2) is 48.5 Å². The Hall–Kier alpha value is -4.14. The first-order valence-electron chi connectivity index (χ1n) is 10.5. The highest BCUT2D eigenvalue weighted by atomic mass is 16.5. The summed E-state index contributed by atoms with van der Waals surface area (Å²) in [6.45, 7) is 3.42. The summed E-state index contributed by atoms with van der Waals surface area (Å²) >= 11 is 0. The minimum absolute atomic E-state index is 0.0546. The molecule has 0 saturated heterocycles. The van der Waals surface area contributed by atoms with Crippen molar-refractivity contribution in [2.75, 3.05) is 13.2 Å². The average molecular weight is 468 g/mol. The number of ketones is 4. The van der Waals surface area contributed by atoms with Gasteiger partial charge >= 0.3 is 11.9 Å². The fraction of sp³-hybridized carbons (Fsp3) is 0.280. The topological polar surface area (TPSA) is 130 Å². The Balaban J connectivity index is 1.87. The highest BCUT2D eigenvalue weighted by molar-refractivity contribution is 6.38. The first kappa shape index (κ1) is 26.1. The number of carbonyl (C=O) groups excluding carboxylic acids is 6. The number of Topliss-reactive ketones (excluding diaryl/α,β-unsaturated/α-hetero) is 4. The summed E-state index contributed by atoms with van der Waals surface area (Å²) in [5.74, 6) is -4.40. The van der Waals surface area contributed by atoms with Gasteiger partial charge in [0, 0.05) is 11.1 Å². The van der Waals surface area contributed by atoms with Gasteiger partial charge in [-0.25, -0.2) is 9.59 Å². The van der Waals surface area contributed by atoms with E-state index in [0.717, 1.165) is 5.56 Å². The van der Waals surface area contributed by atoms with Gasteiger partial charge in [-0.1, -0.05) is 24.3 Å². The number of ether oxygens (including phenoxy) is 3. The van der Waals surface area contributed by atoms with E-state index < -0.39 is 47.9 Å². The molecule has 34 heavy (non-hydrogen) atoms. The van der Waals surface area contributed by atoms with Gasteiger partial charge in [0.05, 0.1) is 26.1 Å². The molecule has 9 nitrogen and oxygen atoms in total. The Morgan fingerprint density at radius 1 is 0.618 bits per heavy atom. The van der Waals surface area contributed by atoms with Crippen LogP contribution >= 0.6 is 0 Å². The molecule has 0 aliphatic rings. The van der Waals surface area contributed by atoms with E-state index >= 15 is 0 Å². The monoisotopic (exact) mass is 468 g/mol. The Kier molecular flexibility index (Phi) is 9.82. The van der Waals surface area contributed by atoms with Crippen molar-refractivity contribution < 1.29 is 43.0 Å². The van der Waals surface area contributed by atoms with Crippen LogP contribution in [-0.4, -0.2) is 48.3 Å². The van der Waals surface area contributed by atoms with Crippen molar-refractivity contribution in [1.29, 1.82) is 0 Å². The van der Waals surface area contributed by atoms with Crippen molar-refractivity contribution in [3.63, 3.8) is 0 Å². The zero-order valence-corrected chi connectivity index (χ0v) is 18.8. The second-order valence-corrected chi connectivity index (χ2v) is 7.00. The number of hydrogen-bond acceptors (Lipinski definition) is 9. The van der Waals surface area contributed by atoms with E-state index in [4.69, 9.17) is 4.74 Å². The molecular formula is C25H24O9. The predicted octanol–water partition coefficient (Wildman–Crippen LogP) is 2.68. The maximum atomic E-state index is 12.1. The number of esters is 2. The molecule has 0 N–H and O–H groups in total. The summed E-state index contributed by atoms with van der Waals surface area (Å²) in [7, 11) is 0. The molecule has 0 aliphatic carbocycles. The highest BCUT2D eigenvalue weighted by Crippen LogP contribution is 2.16. The lowest BCUT2D eigenvalue weighted by molar-refractivity contribution is -0.153. The summed E-state index contributed by atoms with van der Waals surface area (Å²) in [5, 5.41) is 0. The molecule has 178 valence electrons. The summed E-state index contributed by atoms with van der Waals surface area (Å²) in [4.78, 5) is 70.3. The number of carbonyl (C=O) groups is 6. The SMILES string of the molecule is CCOC(=O)C(=O)CC(=O)c1ccc(COc2ccc(C(=O)CC(=O)C(=O)OCC)cc2)cc1. The lowest BCUT2D eigenvalue weighted by Gasteiger charge is -2.08. The molecule has 2 rings (SSSR count). The third-order valence-corrected chi connectivity index (χ3v) is 4.51. The molecule has 0 aromatic heterocycles. The van der Waals surface area contributed by atoms with Crippen LogP contribution < -0.4 is 4.74 Å². The lowest BCUT2D eigenvalue weighted by Crippen LogP contribution is -2.20. The van der Waals surface area contributed by atoms with Crippen LogP contribution in [0.2, 0.25) is 0 Å². The largest absolute Gasteiger partial charge is 0.489 e. The van der Waals surface area contributed by atoms with Gasteiger partial charge < -0.3 is 14.2 Å². The summed E-state index contributed by atoms with van der Waals surface area (Å²) in [6.07, 6.45) is -1.14. The molecule has 0 atom stereocenters. The predicted molar refractivity (Wildman–Crippen MR) is 118 cm³/mol. The van der Waals surface area contributed by atoms with E-state index in [0.29, 0.717) is 5.75 Å². The van der Waals surface area contributed by atoms with Crippen molar-refractivity contribution >= 4 is 35.1 Å². The maximum Gasteiger partial charge on any atom is 0.375 e. The zero-order valence-electron chi connectivity index (χ0n) is 18.8. The molecule has 2 aromatic carbocycles. The van der Waals surface area contributed by atoms with Gasteiger partial charge in [-0.05, 0) is 43.7 Å². The minimum atomic E-state index is -1.03. The Labute approximate surface area is 196 Å². The van der Waals surface area contributed by atoms with Gasteiger partial charge in [-0.15, -0.1) is 0 Å². The van der Waals surface area contributed by atoms with Gasteiger partial charge in [0.1, 0.15) is 12.4 Å². The smallest absolute Gasteiger partial charge is 0.375 e. The number of hydrogen-bond donors (Lipinski definition) is 0. The molecule has 0 fully saturated rings. The second kappa shape index (κ2) is 12.8. The molecular weight excluding hydrogens is 444 g/mol. The van der Waals surface area contributed by atoms with Gasteiger partial charge in [-0.3, -0.25) is 19.2 Å². The van der Waals surface area contributed by atoms with Crippen LogP contribution in [0, 0.1) is 0 Å². The third kappa shape index (κ3) is 7.77. The Morgan fingerprint density at radius 3 is 1.44 bits per heavy atom. The van der Waals surface area contributed by atoms with E-state index in [1.54, 1.807) is 38.1 Å². The Bertz CT molecular complexity index is 979. The fourth-order valence-electron chi connectivity index (χ4n) is 2.75. The minimum Gasteiger partial charge on any atom is -0.489 e. The Morgan fingerprint density at radius 2 is 1.03 bits per heavy atom. The average Bonchev–Trinajstić information content (AvgIpc) is 2.83. The van der Waals surface area contributed by atoms with Crippen LogP contribution in [0.1, 0.15) is 53.0 Å². The van der Waals surface area contributed by atoms with Crippen molar-refractivity contribution in [3.05, 3.63) is 65.2 Å². The van der Waals surface area contributed by atoms with E-state index in [1.807, 2.05) is 0 Å². The molecule has 0 aliphatic heterocycles. The van der Waals surface area contributed by atoms with Crippen molar-refractivity contribution in [3.8, 4) is 5.75 Å². The molecule has 0 heterocycles. The second-order valence-electron chi connectivity index (χ2n) is 7.00. The fourth-order valence-corrected chi connectivity index (χ4v) is 2.75. The van der Waals surface area contributed by atoms with Gasteiger partial charge in [0.15, 0.2) is 11.6 Å². The molecule has 0 spiro atoms. The van der Waals surface area contributed by atoms with E-state index in [9.17, 15) is 28.8 Å². The molecule has 0 unspecified atom stereocenters. The first-order valence-corrected chi connectivity index (χ1v) is 10.5. The molecule has 2 aromatic rings. The molecule has 0 radical (unpaired) electrons. The van der Waals surface area contributed by atoms with Gasteiger partial charge in [-0.2, -0.15) is 0 Å². The maximum absolute atomic E-state index is 12.1. The van der Waals surface area contributed by atoms with E-state index in [2.05, 4.69) is 9.47 Å². The van der Waals surface area contributed by atoms with Crippen LogP contribution in [-0.2, 0) is 35.3 Å². The molecule has 0 amide bonds. The normalized spacial score (nSPS) is 10.2. The number of rotatable bonds is 13. The number of benzene rings is 2. The van der Waals surface area contributed by atoms with Gasteiger partial charge in [0.25, 0.3) is 0 Å². The van der Waals surface area contributed by atoms with Crippen LogP contribution in [0.3, 0.4) is 0 Å². The van der Waals surface area contributed by atoms with Gasteiger partial charge in [0.2, 0.25) is 11.6 Å². The van der Waals surface area contributed by atoms with Crippen molar-refractivity contribution in [2.45, 2.75) is 33.3 Å². The van der Waals surface area contributed by atoms with Crippen molar-refractivity contribution in [2.24, 2.45) is 0 Å². The van der Waals surface area contributed by atoms with Crippen LogP contribution in [0.25, 0.3) is 0 Å². The van der Waals surface area contributed by atoms with E-state index in [-0.39, 0.29) is 30.9 Å². The molecule has 0 bridgehead atoms. The summed E-state index contributed by atoms with van der Waals surface area (Å²) in [5.41, 5.74) is 1.28. The quantitative estimate of drug-likeness (QED) is 0.188. The van der Waals surface area contributed by atoms with Crippen LogP contribution in [0.5, 0.6) is 5.75 Å². The van der Waals surface area contributed by atoms with E-state index in [1.165, 1.54) is 24.3 Å². The van der Waals surface area contributed by atoms with Crippen LogP contribution in [0.4, 0.5) is 0 Å². The summed E-state index contributed by atoms with van der Waals surface area (Å²) < 4.78 is 14.8. The van der Waals surface area contributed by atoms with Crippen molar-refractivity contribution in [1.82, 2.24) is 0 Å². The molecule has 0 saturated carbocycles. The zero-order chi connectivity index (χ0) is 25.1.